The van der Waals surface area contributed by atoms with Crippen LogP contribution in [0.2, 0.25) is 0 Å². The van der Waals surface area contributed by atoms with Crippen molar-refractivity contribution in [2.24, 2.45) is 0 Å². The second-order valence-corrected chi connectivity index (χ2v) is 8.10. The molecule has 3 aromatic rings. The van der Waals surface area contributed by atoms with Gasteiger partial charge in [0.25, 0.3) is 0 Å². The fourth-order valence-corrected chi connectivity index (χ4v) is 4.72. The molecule has 0 unspecified atom stereocenters. The standard InChI is InChI=1S/C15H12FN3O3S2/c16-12-3-1-2-4-13(12)24(20,21)19-7-11(8-19)15-17-14(18-22-15)10-5-6-23-9-10/h1-6,9,11H,7-8H2. The van der Waals surface area contributed by atoms with E-state index in [4.69, 9.17) is 4.52 Å². The van der Waals surface area contributed by atoms with Crippen LogP contribution in [0.25, 0.3) is 11.4 Å². The van der Waals surface area contributed by atoms with Crippen LogP contribution >= 0.6 is 11.3 Å². The Morgan fingerprint density at radius 1 is 1.25 bits per heavy atom. The van der Waals surface area contributed by atoms with Gasteiger partial charge in [0.1, 0.15) is 10.7 Å². The molecule has 1 aromatic carbocycles. The zero-order valence-electron chi connectivity index (χ0n) is 12.3. The molecule has 0 amide bonds. The average molecular weight is 365 g/mol. The lowest BCUT2D eigenvalue weighted by Gasteiger charge is -2.35. The third-order valence-electron chi connectivity index (χ3n) is 3.87. The average Bonchev–Trinajstić information content (AvgIpc) is 3.16. The molecule has 0 radical (unpaired) electrons. The van der Waals surface area contributed by atoms with Crippen molar-refractivity contribution in [3.05, 3.63) is 52.8 Å². The predicted molar refractivity (Wildman–Crippen MR) is 85.5 cm³/mol. The lowest BCUT2D eigenvalue weighted by Crippen LogP contribution is -2.48. The Labute approximate surface area is 141 Å². The molecule has 0 bridgehead atoms. The van der Waals surface area contributed by atoms with Gasteiger partial charge in [-0.2, -0.15) is 20.6 Å². The highest BCUT2D eigenvalue weighted by atomic mass is 32.2. The Hall–Kier alpha value is -2.10. The Morgan fingerprint density at radius 2 is 2.04 bits per heavy atom. The smallest absolute Gasteiger partial charge is 0.246 e. The van der Waals surface area contributed by atoms with Gasteiger partial charge >= 0.3 is 0 Å². The first-order valence-electron chi connectivity index (χ1n) is 7.16. The second kappa shape index (κ2) is 5.76. The molecule has 1 aliphatic rings. The van der Waals surface area contributed by atoms with E-state index in [1.54, 1.807) is 0 Å². The van der Waals surface area contributed by atoms with Gasteiger partial charge in [-0.05, 0) is 23.6 Å². The molecule has 3 heterocycles. The van der Waals surface area contributed by atoms with Crippen LogP contribution in [0.3, 0.4) is 0 Å². The molecule has 1 fully saturated rings. The topological polar surface area (TPSA) is 76.3 Å². The molecule has 0 saturated carbocycles. The van der Waals surface area contributed by atoms with E-state index in [1.807, 2.05) is 16.8 Å². The summed E-state index contributed by atoms with van der Waals surface area (Å²) in [6.07, 6.45) is 0. The molecule has 0 atom stereocenters. The molecular weight excluding hydrogens is 353 g/mol. The van der Waals surface area contributed by atoms with Gasteiger partial charge < -0.3 is 4.52 Å². The summed E-state index contributed by atoms with van der Waals surface area (Å²) >= 11 is 1.53. The SMILES string of the molecule is O=S(=O)(c1ccccc1F)N1CC(c2nc(-c3ccsc3)no2)C1. The molecule has 6 nitrogen and oxygen atoms in total. The maximum Gasteiger partial charge on any atom is 0.246 e. The van der Waals surface area contributed by atoms with Crippen molar-refractivity contribution >= 4 is 21.4 Å². The van der Waals surface area contributed by atoms with Gasteiger partial charge in [-0.1, -0.05) is 17.3 Å². The summed E-state index contributed by atoms with van der Waals surface area (Å²) in [4.78, 5) is 4.00. The van der Waals surface area contributed by atoms with Crippen molar-refractivity contribution < 1.29 is 17.3 Å². The minimum Gasteiger partial charge on any atom is -0.339 e. The van der Waals surface area contributed by atoms with Gasteiger partial charge in [0, 0.05) is 24.0 Å². The van der Waals surface area contributed by atoms with E-state index in [1.165, 1.54) is 33.8 Å². The third-order valence-corrected chi connectivity index (χ3v) is 6.42. The number of sulfonamides is 1. The number of nitrogens with zero attached hydrogens (tertiary/aromatic N) is 3. The van der Waals surface area contributed by atoms with Crippen LogP contribution in [0, 0.1) is 5.82 Å². The Balaban J connectivity index is 1.50. The quantitative estimate of drug-likeness (QED) is 0.710. The number of aromatic nitrogens is 2. The summed E-state index contributed by atoms with van der Waals surface area (Å²) in [7, 11) is -3.84. The number of thiophene rings is 1. The second-order valence-electron chi connectivity index (χ2n) is 5.42. The first-order chi connectivity index (χ1) is 11.6. The van der Waals surface area contributed by atoms with E-state index in [0.29, 0.717) is 11.7 Å². The van der Waals surface area contributed by atoms with Crippen LogP contribution < -0.4 is 0 Å². The van der Waals surface area contributed by atoms with E-state index in [9.17, 15) is 12.8 Å². The Kier molecular flexibility index (Phi) is 3.70. The maximum absolute atomic E-state index is 13.7. The van der Waals surface area contributed by atoms with Crippen molar-refractivity contribution in [1.29, 1.82) is 0 Å². The summed E-state index contributed by atoms with van der Waals surface area (Å²) in [6.45, 7) is 0.393. The Morgan fingerprint density at radius 3 is 2.75 bits per heavy atom. The van der Waals surface area contributed by atoms with Crippen LogP contribution in [0.5, 0.6) is 0 Å². The number of hydrogen-bond donors (Lipinski definition) is 0. The molecule has 2 aromatic heterocycles. The van der Waals surface area contributed by atoms with Crippen LogP contribution in [-0.4, -0.2) is 36.0 Å². The first-order valence-corrected chi connectivity index (χ1v) is 9.55. The molecule has 24 heavy (non-hydrogen) atoms. The molecule has 4 rings (SSSR count). The number of benzene rings is 1. The minimum atomic E-state index is -3.84. The monoisotopic (exact) mass is 365 g/mol. The van der Waals surface area contributed by atoms with E-state index < -0.39 is 15.8 Å². The minimum absolute atomic E-state index is 0.175. The molecule has 1 saturated heterocycles. The fraction of sp³-hybridized carbons (Fsp3) is 0.200. The molecule has 0 N–H and O–H groups in total. The van der Waals surface area contributed by atoms with Crippen LogP contribution in [-0.2, 0) is 10.0 Å². The van der Waals surface area contributed by atoms with Gasteiger partial charge in [-0.3, -0.25) is 0 Å². The van der Waals surface area contributed by atoms with Crippen molar-refractivity contribution in [3.8, 4) is 11.4 Å². The molecular formula is C15H12FN3O3S2. The summed E-state index contributed by atoms with van der Waals surface area (Å²) in [5.41, 5.74) is 0.866. The lowest BCUT2D eigenvalue weighted by atomic mass is 10.0. The van der Waals surface area contributed by atoms with Gasteiger partial charge in [0.05, 0.1) is 5.92 Å². The van der Waals surface area contributed by atoms with Gasteiger partial charge in [0.2, 0.25) is 21.7 Å². The molecule has 0 spiro atoms. The highest BCUT2D eigenvalue weighted by Crippen LogP contribution is 2.32. The zero-order valence-corrected chi connectivity index (χ0v) is 13.9. The lowest BCUT2D eigenvalue weighted by molar-refractivity contribution is 0.216. The fourth-order valence-electron chi connectivity index (χ4n) is 2.49. The summed E-state index contributed by atoms with van der Waals surface area (Å²) in [6, 6.07) is 7.24. The highest BCUT2D eigenvalue weighted by Gasteiger charge is 2.41. The number of halogens is 1. The van der Waals surface area contributed by atoms with Crippen molar-refractivity contribution in [2.45, 2.75) is 10.8 Å². The van der Waals surface area contributed by atoms with Crippen molar-refractivity contribution in [1.82, 2.24) is 14.4 Å². The van der Waals surface area contributed by atoms with Gasteiger partial charge in [-0.25, -0.2) is 12.8 Å². The van der Waals surface area contributed by atoms with Gasteiger partial charge in [-0.15, -0.1) is 0 Å². The van der Waals surface area contributed by atoms with Crippen molar-refractivity contribution in [2.75, 3.05) is 13.1 Å². The third kappa shape index (κ3) is 2.54. The van der Waals surface area contributed by atoms with E-state index in [-0.39, 0.29) is 23.9 Å². The summed E-state index contributed by atoms with van der Waals surface area (Å²) in [5, 5.41) is 7.73. The van der Waals surface area contributed by atoms with Gasteiger partial charge in [0.15, 0.2) is 0 Å². The summed E-state index contributed by atoms with van der Waals surface area (Å²) < 4.78 is 45.0. The normalized spacial score (nSPS) is 16.2. The first kappa shape index (κ1) is 15.4. The summed E-state index contributed by atoms with van der Waals surface area (Å²) in [5.74, 6) is -0.0391. The van der Waals surface area contributed by atoms with E-state index in [2.05, 4.69) is 10.1 Å². The predicted octanol–water partition coefficient (Wildman–Crippen LogP) is 2.73. The Bertz CT molecular complexity index is 964. The maximum atomic E-state index is 13.7. The largest absolute Gasteiger partial charge is 0.339 e. The van der Waals surface area contributed by atoms with Crippen LogP contribution in [0.15, 0.2) is 50.5 Å². The number of hydrogen-bond acceptors (Lipinski definition) is 6. The number of rotatable bonds is 4. The van der Waals surface area contributed by atoms with E-state index >= 15 is 0 Å². The van der Waals surface area contributed by atoms with Crippen LogP contribution in [0.1, 0.15) is 11.8 Å². The van der Waals surface area contributed by atoms with E-state index in [0.717, 1.165) is 11.6 Å². The molecule has 0 aliphatic carbocycles. The molecule has 124 valence electrons. The highest BCUT2D eigenvalue weighted by molar-refractivity contribution is 7.89. The zero-order chi connectivity index (χ0) is 16.7. The van der Waals surface area contributed by atoms with Crippen molar-refractivity contribution in [3.63, 3.8) is 0 Å². The van der Waals surface area contributed by atoms with Crippen LogP contribution in [0.4, 0.5) is 4.39 Å². The molecule has 9 heteroatoms. The molecule has 1 aliphatic heterocycles.